The highest BCUT2D eigenvalue weighted by molar-refractivity contribution is 9.11. The van der Waals surface area contributed by atoms with Crippen molar-refractivity contribution in [3.8, 4) is 6.07 Å². The Morgan fingerprint density at radius 1 is 1.45 bits per heavy atom. The number of rotatable bonds is 2. The van der Waals surface area contributed by atoms with E-state index < -0.39 is 11.9 Å². The van der Waals surface area contributed by atoms with Gasteiger partial charge in [-0.15, -0.1) is 0 Å². The van der Waals surface area contributed by atoms with E-state index in [0.717, 1.165) is 4.47 Å². The second-order valence-corrected chi connectivity index (χ2v) is 5.62. The molecule has 102 valence electrons. The Balaban J connectivity index is 2.68. The number of halogens is 2. The highest BCUT2D eigenvalue weighted by Gasteiger charge is 2.32. The van der Waals surface area contributed by atoms with E-state index in [4.69, 9.17) is 10.00 Å². The summed E-state index contributed by atoms with van der Waals surface area (Å²) in [6.07, 6.45) is 0. The van der Waals surface area contributed by atoms with Crippen LogP contribution in [0.2, 0.25) is 0 Å². The topological polar surface area (TPSA) is 79.2 Å². The van der Waals surface area contributed by atoms with Crippen molar-refractivity contribution in [3.63, 3.8) is 0 Å². The molecule has 0 saturated carbocycles. The molecule has 0 spiro atoms. The van der Waals surface area contributed by atoms with Crippen molar-refractivity contribution in [3.05, 3.63) is 32.2 Å². The fraction of sp³-hybridized carbons (Fsp3) is 0.154. The standard InChI is InChI=1S/C13H8Br2N2O3/c1-2-20-13(19)8(5-16)10-7-3-6(14)4-9(15)11(7)17-12(10)18/h3-4H,2H2,1H3,(H,17,18)/b10-8+. The quantitative estimate of drug-likeness (QED) is 0.471. The normalized spacial score (nSPS) is 15.2. The van der Waals surface area contributed by atoms with E-state index in [1.807, 2.05) is 0 Å². The molecule has 0 atom stereocenters. The minimum atomic E-state index is -0.802. The molecule has 0 aliphatic carbocycles. The van der Waals surface area contributed by atoms with Crippen LogP contribution in [-0.2, 0) is 14.3 Å². The van der Waals surface area contributed by atoms with Gasteiger partial charge in [-0.25, -0.2) is 4.79 Å². The molecular formula is C13H8Br2N2O3. The summed E-state index contributed by atoms with van der Waals surface area (Å²) in [5.74, 6) is -1.30. The average Bonchev–Trinajstić information content (AvgIpc) is 2.69. The highest BCUT2D eigenvalue weighted by atomic mass is 79.9. The van der Waals surface area contributed by atoms with Crippen LogP contribution in [0, 0.1) is 11.3 Å². The Labute approximate surface area is 131 Å². The van der Waals surface area contributed by atoms with Crippen LogP contribution in [0.25, 0.3) is 5.57 Å². The Morgan fingerprint density at radius 2 is 2.15 bits per heavy atom. The molecule has 1 aromatic rings. The smallest absolute Gasteiger partial charge is 0.349 e. The molecule has 7 heteroatoms. The molecule has 1 aliphatic rings. The van der Waals surface area contributed by atoms with Gasteiger partial charge in [-0.3, -0.25) is 4.79 Å². The maximum absolute atomic E-state index is 12.0. The van der Waals surface area contributed by atoms with Crippen LogP contribution in [0.4, 0.5) is 5.69 Å². The average molecular weight is 400 g/mol. The number of esters is 1. The third kappa shape index (κ3) is 2.49. The number of hydrogen-bond acceptors (Lipinski definition) is 4. The van der Waals surface area contributed by atoms with Crippen molar-refractivity contribution in [2.75, 3.05) is 11.9 Å². The minimum absolute atomic E-state index is 0.0305. The summed E-state index contributed by atoms with van der Waals surface area (Å²) in [5, 5.41) is 11.8. The SMILES string of the molecule is CCOC(=O)/C(C#N)=C1/C(=O)Nc2c(Br)cc(Br)cc21. The van der Waals surface area contributed by atoms with Crippen LogP contribution in [0.15, 0.2) is 26.7 Å². The van der Waals surface area contributed by atoms with Gasteiger partial charge >= 0.3 is 5.97 Å². The second-order valence-electron chi connectivity index (χ2n) is 3.85. The zero-order valence-corrected chi connectivity index (χ0v) is 13.5. The molecule has 1 aliphatic heterocycles. The molecule has 1 amide bonds. The van der Waals surface area contributed by atoms with E-state index in [1.165, 1.54) is 0 Å². The highest BCUT2D eigenvalue weighted by Crippen LogP contribution is 2.41. The van der Waals surface area contributed by atoms with Crippen molar-refractivity contribution in [1.29, 1.82) is 5.26 Å². The third-order valence-electron chi connectivity index (χ3n) is 2.63. The predicted molar refractivity (Wildman–Crippen MR) is 79.6 cm³/mol. The number of carbonyl (C=O) groups excluding carboxylic acids is 2. The molecule has 0 saturated heterocycles. The Hall–Kier alpha value is -1.65. The molecule has 0 bridgehead atoms. The lowest BCUT2D eigenvalue weighted by molar-refractivity contribution is -0.138. The molecule has 0 radical (unpaired) electrons. The van der Waals surface area contributed by atoms with Crippen molar-refractivity contribution in [2.24, 2.45) is 0 Å². The number of fused-ring (bicyclic) bond motifs is 1. The summed E-state index contributed by atoms with van der Waals surface area (Å²) in [6, 6.07) is 5.19. The number of hydrogen-bond donors (Lipinski definition) is 1. The van der Waals surface area contributed by atoms with Gasteiger partial charge in [-0.1, -0.05) is 15.9 Å². The molecule has 1 aromatic carbocycles. The summed E-state index contributed by atoms with van der Waals surface area (Å²) in [5.41, 5.74) is 0.752. The van der Waals surface area contributed by atoms with Gasteiger partial charge in [0.1, 0.15) is 6.07 Å². The van der Waals surface area contributed by atoms with Gasteiger partial charge in [0.25, 0.3) is 5.91 Å². The van der Waals surface area contributed by atoms with Crippen molar-refractivity contribution in [1.82, 2.24) is 0 Å². The number of amides is 1. The number of nitrogens with one attached hydrogen (secondary N) is 1. The van der Waals surface area contributed by atoms with Gasteiger partial charge in [-0.2, -0.15) is 5.26 Å². The van der Waals surface area contributed by atoms with Gasteiger partial charge in [0.05, 0.1) is 17.9 Å². The summed E-state index contributed by atoms with van der Waals surface area (Å²) >= 11 is 6.64. The summed E-state index contributed by atoms with van der Waals surface area (Å²) < 4.78 is 6.19. The first-order chi connectivity index (χ1) is 9.49. The van der Waals surface area contributed by atoms with E-state index in [9.17, 15) is 9.59 Å². The molecule has 1 N–H and O–H groups in total. The Bertz CT molecular complexity index is 690. The van der Waals surface area contributed by atoms with E-state index >= 15 is 0 Å². The maximum atomic E-state index is 12.0. The number of nitriles is 1. The largest absolute Gasteiger partial charge is 0.462 e. The summed E-state index contributed by atoms with van der Waals surface area (Å²) in [7, 11) is 0. The molecule has 0 aromatic heterocycles. The predicted octanol–water partition coefficient (Wildman–Crippen LogP) is 3.00. The van der Waals surface area contributed by atoms with Gasteiger partial charge in [0.2, 0.25) is 0 Å². The molecule has 0 unspecified atom stereocenters. The Morgan fingerprint density at radius 3 is 2.75 bits per heavy atom. The van der Waals surface area contributed by atoms with Crippen LogP contribution in [0.1, 0.15) is 12.5 Å². The van der Waals surface area contributed by atoms with Crippen LogP contribution < -0.4 is 5.32 Å². The number of ether oxygens (including phenoxy) is 1. The lowest BCUT2D eigenvalue weighted by Crippen LogP contribution is -2.13. The fourth-order valence-corrected chi connectivity index (χ4v) is 3.18. The molecule has 0 fully saturated rings. The first kappa shape index (κ1) is 14.8. The third-order valence-corrected chi connectivity index (χ3v) is 3.71. The summed E-state index contributed by atoms with van der Waals surface area (Å²) in [6.45, 7) is 1.77. The first-order valence-electron chi connectivity index (χ1n) is 5.61. The number of nitrogens with zero attached hydrogens (tertiary/aromatic N) is 1. The maximum Gasteiger partial charge on any atom is 0.349 e. The monoisotopic (exact) mass is 398 g/mol. The van der Waals surface area contributed by atoms with Crippen LogP contribution in [0.5, 0.6) is 0 Å². The van der Waals surface area contributed by atoms with E-state index in [2.05, 4.69) is 37.2 Å². The van der Waals surface area contributed by atoms with Crippen molar-refractivity contribution >= 4 is 55.0 Å². The van der Waals surface area contributed by atoms with Gasteiger partial charge in [0, 0.05) is 14.5 Å². The number of carbonyl (C=O) groups is 2. The van der Waals surface area contributed by atoms with Crippen molar-refractivity contribution < 1.29 is 14.3 Å². The van der Waals surface area contributed by atoms with Crippen molar-refractivity contribution in [2.45, 2.75) is 6.92 Å². The lowest BCUT2D eigenvalue weighted by atomic mass is 10.0. The second kappa shape index (κ2) is 5.77. The fourth-order valence-electron chi connectivity index (χ4n) is 1.85. The zero-order valence-electron chi connectivity index (χ0n) is 10.3. The summed E-state index contributed by atoms with van der Waals surface area (Å²) in [4.78, 5) is 23.8. The molecule has 5 nitrogen and oxygen atoms in total. The molecule has 20 heavy (non-hydrogen) atoms. The molecular weight excluding hydrogens is 392 g/mol. The molecule has 2 rings (SSSR count). The number of anilines is 1. The van der Waals surface area contributed by atoms with E-state index in [-0.39, 0.29) is 17.8 Å². The van der Waals surface area contributed by atoms with Crippen LogP contribution >= 0.6 is 31.9 Å². The van der Waals surface area contributed by atoms with Gasteiger partial charge in [0.15, 0.2) is 5.57 Å². The van der Waals surface area contributed by atoms with Gasteiger partial charge < -0.3 is 10.1 Å². The van der Waals surface area contributed by atoms with Crippen LogP contribution in [0.3, 0.4) is 0 Å². The van der Waals surface area contributed by atoms with E-state index in [1.54, 1.807) is 25.1 Å². The number of benzene rings is 1. The first-order valence-corrected chi connectivity index (χ1v) is 7.20. The van der Waals surface area contributed by atoms with Crippen LogP contribution in [-0.4, -0.2) is 18.5 Å². The lowest BCUT2D eigenvalue weighted by Gasteiger charge is -2.04. The zero-order chi connectivity index (χ0) is 14.9. The van der Waals surface area contributed by atoms with E-state index in [0.29, 0.717) is 15.7 Å². The Kier molecular flexibility index (Phi) is 4.26. The van der Waals surface area contributed by atoms with Gasteiger partial charge in [-0.05, 0) is 35.0 Å². The molecule has 1 heterocycles. The minimum Gasteiger partial charge on any atom is -0.462 e.